The molecule has 5 heteroatoms. The summed E-state index contributed by atoms with van der Waals surface area (Å²) in [5.41, 5.74) is 0. The molecule has 0 saturated carbocycles. The lowest BCUT2D eigenvalue weighted by Crippen LogP contribution is -2.30. The van der Waals surface area contributed by atoms with Crippen molar-refractivity contribution in [1.82, 2.24) is 0 Å². The van der Waals surface area contributed by atoms with Crippen LogP contribution in [0.15, 0.2) is 97.2 Å². The van der Waals surface area contributed by atoms with Crippen LogP contribution in [0.2, 0.25) is 0 Å². The normalized spacial score (nSPS) is 12.9. The topological polar surface area (TPSA) is 61.8 Å². The number of esters is 2. The van der Waals surface area contributed by atoms with Gasteiger partial charge in [-0.1, -0.05) is 266 Å². The summed E-state index contributed by atoms with van der Waals surface area (Å²) in [7, 11) is 0. The van der Waals surface area contributed by atoms with E-state index in [0.717, 1.165) is 83.5 Å². The smallest absolute Gasteiger partial charge is 0.306 e. The zero-order valence-electron chi connectivity index (χ0n) is 44.8. The molecule has 0 aromatic rings. The number of allylic oxidation sites excluding steroid dienone is 16. The van der Waals surface area contributed by atoms with E-state index in [1.54, 1.807) is 0 Å². The van der Waals surface area contributed by atoms with Crippen LogP contribution in [0.1, 0.15) is 265 Å². The quantitative estimate of drug-likeness (QED) is 0.0345. The Kier molecular flexibility index (Phi) is 55.4. The fourth-order valence-corrected chi connectivity index (χ4v) is 7.93. The molecular formula is C63H108O5. The summed E-state index contributed by atoms with van der Waals surface area (Å²) in [6.45, 7) is 7.52. The van der Waals surface area contributed by atoms with Crippen LogP contribution in [0.25, 0.3) is 0 Å². The number of rotatable bonds is 52. The van der Waals surface area contributed by atoms with Gasteiger partial charge >= 0.3 is 11.9 Å². The standard InChI is InChI=1S/C63H108O5/c1-4-7-10-13-16-19-22-25-27-29-31-33-35-37-40-43-46-49-52-55-58-66-59-61(68-63(65)57-54-51-48-45-42-38-24-21-18-15-12-9-6-3)60-67-62(64)56-53-50-47-44-41-39-36-34-32-30-28-26-23-20-17-14-11-8-5-2/h7,9-10,12,16,18-19,21,25,27,31,33,38,42,48,51,61H,4-6,8,11,13-15,17,20,22-24,26,28-30,32,34-37,39-41,43-47,49-50,52-60H2,1-3H3/b10-7-,12-9-,19-16-,21-18-,27-25-,33-31-,42-38-,51-48-. The Bertz CT molecular complexity index is 1300. The summed E-state index contributed by atoms with van der Waals surface area (Å²) in [4.78, 5) is 25.5. The molecule has 5 nitrogen and oxygen atoms in total. The molecule has 0 rings (SSSR count). The zero-order chi connectivity index (χ0) is 49.2. The molecule has 390 valence electrons. The summed E-state index contributed by atoms with van der Waals surface area (Å²) in [5.74, 6) is -0.491. The molecule has 0 aliphatic rings. The Morgan fingerprint density at radius 3 is 1.12 bits per heavy atom. The van der Waals surface area contributed by atoms with Crippen LogP contribution in [-0.2, 0) is 23.8 Å². The zero-order valence-corrected chi connectivity index (χ0v) is 44.8. The Balaban J connectivity index is 4.31. The predicted molar refractivity (Wildman–Crippen MR) is 297 cm³/mol. The first kappa shape index (κ1) is 64.8. The van der Waals surface area contributed by atoms with Crippen LogP contribution >= 0.6 is 0 Å². The van der Waals surface area contributed by atoms with Gasteiger partial charge in [-0.05, 0) is 83.5 Å². The first-order valence-corrected chi connectivity index (χ1v) is 28.8. The summed E-state index contributed by atoms with van der Waals surface area (Å²) in [6.07, 6.45) is 78.8. The minimum atomic E-state index is -0.584. The van der Waals surface area contributed by atoms with Crippen molar-refractivity contribution >= 4 is 11.9 Å². The number of hydrogen-bond acceptors (Lipinski definition) is 5. The third-order valence-electron chi connectivity index (χ3n) is 12.1. The van der Waals surface area contributed by atoms with E-state index in [1.165, 1.54) is 141 Å². The van der Waals surface area contributed by atoms with Crippen molar-refractivity contribution in [3.05, 3.63) is 97.2 Å². The summed E-state index contributed by atoms with van der Waals surface area (Å²) in [6, 6.07) is 0. The average Bonchev–Trinajstić information content (AvgIpc) is 3.34. The minimum Gasteiger partial charge on any atom is -0.462 e. The van der Waals surface area contributed by atoms with Crippen molar-refractivity contribution in [2.24, 2.45) is 0 Å². The summed E-state index contributed by atoms with van der Waals surface area (Å²) in [5, 5.41) is 0. The van der Waals surface area contributed by atoms with Crippen molar-refractivity contribution in [2.75, 3.05) is 19.8 Å². The lowest BCUT2D eigenvalue weighted by molar-refractivity contribution is -0.162. The molecule has 0 bridgehead atoms. The molecule has 0 saturated heterocycles. The first-order chi connectivity index (χ1) is 33.6. The van der Waals surface area contributed by atoms with Gasteiger partial charge in [-0.2, -0.15) is 0 Å². The van der Waals surface area contributed by atoms with E-state index in [-0.39, 0.29) is 25.2 Å². The Morgan fingerprint density at radius 1 is 0.338 bits per heavy atom. The number of ether oxygens (including phenoxy) is 3. The van der Waals surface area contributed by atoms with Crippen LogP contribution < -0.4 is 0 Å². The second-order valence-electron chi connectivity index (χ2n) is 18.8. The molecule has 0 aliphatic heterocycles. The Morgan fingerprint density at radius 2 is 0.691 bits per heavy atom. The van der Waals surface area contributed by atoms with Gasteiger partial charge in [0.25, 0.3) is 0 Å². The second kappa shape index (κ2) is 58.1. The maximum absolute atomic E-state index is 12.8. The van der Waals surface area contributed by atoms with Gasteiger partial charge in [0.2, 0.25) is 0 Å². The van der Waals surface area contributed by atoms with Gasteiger partial charge in [0.05, 0.1) is 6.61 Å². The molecule has 0 N–H and O–H groups in total. The molecule has 0 spiro atoms. The molecule has 0 amide bonds. The van der Waals surface area contributed by atoms with E-state index in [1.807, 2.05) is 6.08 Å². The highest BCUT2D eigenvalue weighted by Gasteiger charge is 2.17. The molecular weight excluding hydrogens is 837 g/mol. The van der Waals surface area contributed by atoms with Gasteiger partial charge in [0.1, 0.15) is 6.61 Å². The lowest BCUT2D eigenvalue weighted by atomic mass is 10.0. The first-order valence-electron chi connectivity index (χ1n) is 28.8. The number of unbranched alkanes of at least 4 members (excludes halogenated alkanes) is 25. The minimum absolute atomic E-state index is 0.0502. The maximum atomic E-state index is 12.8. The lowest BCUT2D eigenvalue weighted by Gasteiger charge is -2.18. The van der Waals surface area contributed by atoms with Gasteiger partial charge in [-0.3, -0.25) is 9.59 Å². The summed E-state index contributed by atoms with van der Waals surface area (Å²) < 4.78 is 17.4. The SMILES string of the molecule is CC/C=C\C/C=C\C/C=C\C/C=C\CCCCCCCCCOCC(COC(=O)CCCCCCCCCCCCCCCCCCCCC)OC(=O)CC/C=C\C/C=C\C/C=C\C/C=C\CC. The van der Waals surface area contributed by atoms with Gasteiger partial charge in [-0.15, -0.1) is 0 Å². The molecule has 1 unspecified atom stereocenters. The largest absolute Gasteiger partial charge is 0.462 e. The molecule has 0 aromatic carbocycles. The molecule has 68 heavy (non-hydrogen) atoms. The van der Waals surface area contributed by atoms with Crippen LogP contribution in [0.5, 0.6) is 0 Å². The molecule has 0 aromatic heterocycles. The van der Waals surface area contributed by atoms with E-state index >= 15 is 0 Å². The van der Waals surface area contributed by atoms with Crippen molar-refractivity contribution in [2.45, 2.75) is 271 Å². The van der Waals surface area contributed by atoms with Crippen LogP contribution in [0.4, 0.5) is 0 Å². The van der Waals surface area contributed by atoms with E-state index < -0.39 is 6.10 Å². The predicted octanol–water partition coefficient (Wildman–Crippen LogP) is 19.8. The van der Waals surface area contributed by atoms with Crippen molar-refractivity contribution in [3.63, 3.8) is 0 Å². The van der Waals surface area contributed by atoms with Gasteiger partial charge in [0, 0.05) is 19.4 Å². The summed E-state index contributed by atoms with van der Waals surface area (Å²) >= 11 is 0. The molecule has 0 fully saturated rings. The van der Waals surface area contributed by atoms with Gasteiger partial charge in [0.15, 0.2) is 6.10 Å². The van der Waals surface area contributed by atoms with E-state index in [9.17, 15) is 9.59 Å². The highest BCUT2D eigenvalue weighted by molar-refractivity contribution is 5.70. The van der Waals surface area contributed by atoms with Crippen LogP contribution in [0.3, 0.4) is 0 Å². The fourth-order valence-electron chi connectivity index (χ4n) is 7.93. The van der Waals surface area contributed by atoms with E-state index in [0.29, 0.717) is 25.9 Å². The average molecular weight is 946 g/mol. The number of carbonyl (C=O) groups excluding carboxylic acids is 2. The van der Waals surface area contributed by atoms with Crippen LogP contribution in [0, 0.1) is 0 Å². The fraction of sp³-hybridized carbons (Fsp3) is 0.714. The third-order valence-corrected chi connectivity index (χ3v) is 12.1. The van der Waals surface area contributed by atoms with Gasteiger partial charge in [-0.25, -0.2) is 0 Å². The highest BCUT2D eigenvalue weighted by atomic mass is 16.6. The molecule has 0 heterocycles. The number of carbonyl (C=O) groups is 2. The molecule has 1 atom stereocenters. The Labute approximate surface area is 422 Å². The van der Waals surface area contributed by atoms with Crippen LogP contribution in [-0.4, -0.2) is 37.9 Å². The monoisotopic (exact) mass is 945 g/mol. The maximum Gasteiger partial charge on any atom is 0.306 e. The molecule has 0 aliphatic carbocycles. The van der Waals surface area contributed by atoms with Crippen molar-refractivity contribution in [1.29, 1.82) is 0 Å². The number of hydrogen-bond donors (Lipinski definition) is 0. The molecule has 0 radical (unpaired) electrons. The third kappa shape index (κ3) is 55.4. The highest BCUT2D eigenvalue weighted by Crippen LogP contribution is 2.16. The van der Waals surface area contributed by atoms with E-state index in [2.05, 4.69) is 112 Å². The Hall–Kier alpha value is -3.18. The van der Waals surface area contributed by atoms with Crippen molar-refractivity contribution < 1.29 is 23.8 Å². The van der Waals surface area contributed by atoms with Crippen molar-refractivity contribution in [3.8, 4) is 0 Å². The van der Waals surface area contributed by atoms with E-state index in [4.69, 9.17) is 14.2 Å². The second-order valence-corrected chi connectivity index (χ2v) is 18.8. The van der Waals surface area contributed by atoms with Gasteiger partial charge < -0.3 is 14.2 Å².